The number of nitrogens with one attached hydrogen (secondary N) is 3. The fourth-order valence-corrected chi connectivity index (χ4v) is 4.51. The SMILES string of the molecule is CCCCCCCCCCCCCCCC(=O)N[C@H](NC(=S)Nc1cc(Cl)ccc1Cl)C(Cl)(Cl)Cl. The summed E-state index contributed by atoms with van der Waals surface area (Å²) >= 11 is 35.6. The number of hydrogen-bond acceptors (Lipinski definition) is 2. The number of carbonyl (C=O) groups is 1. The number of carbonyl (C=O) groups excluding carboxylic acids is 1. The van der Waals surface area contributed by atoms with Gasteiger partial charge in [0.1, 0.15) is 6.17 Å². The van der Waals surface area contributed by atoms with Gasteiger partial charge in [0.05, 0.1) is 10.7 Å². The lowest BCUT2D eigenvalue weighted by Crippen LogP contribution is -2.56. The average molecular weight is 606 g/mol. The lowest BCUT2D eigenvalue weighted by molar-refractivity contribution is -0.122. The number of thiocarbonyl (C=S) groups is 1. The summed E-state index contributed by atoms with van der Waals surface area (Å²) in [4.78, 5) is 12.4. The zero-order valence-electron chi connectivity index (χ0n) is 20.4. The molecule has 1 aromatic rings. The van der Waals surface area contributed by atoms with Gasteiger partial charge in [-0.05, 0) is 36.8 Å². The Kier molecular flexibility index (Phi) is 17.8. The van der Waals surface area contributed by atoms with E-state index in [2.05, 4.69) is 22.9 Å². The third-order valence-corrected chi connectivity index (χ3v) is 7.03. The summed E-state index contributed by atoms with van der Waals surface area (Å²) in [5, 5.41) is 9.48. The van der Waals surface area contributed by atoms with Crippen LogP contribution in [-0.2, 0) is 4.79 Å². The minimum atomic E-state index is -1.81. The van der Waals surface area contributed by atoms with Gasteiger partial charge in [-0.3, -0.25) is 4.79 Å². The molecule has 0 aliphatic rings. The quantitative estimate of drug-likeness (QED) is 0.0716. The number of rotatable bonds is 17. The number of halogens is 5. The zero-order chi connectivity index (χ0) is 26.1. The Labute approximate surface area is 241 Å². The number of hydrogen-bond donors (Lipinski definition) is 3. The lowest BCUT2D eigenvalue weighted by Gasteiger charge is -2.28. The molecule has 3 N–H and O–H groups in total. The van der Waals surface area contributed by atoms with Gasteiger partial charge < -0.3 is 16.0 Å². The van der Waals surface area contributed by atoms with Gasteiger partial charge in [0.2, 0.25) is 9.70 Å². The van der Waals surface area contributed by atoms with Crippen molar-refractivity contribution < 1.29 is 4.79 Å². The van der Waals surface area contributed by atoms with Gasteiger partial charge in [0, 0.05) is 11.4 Å². The highest BCUT2D eigenvalue weighted by Gasteiger charge is 2.34. The van der Waals surface area contributed by atoms with Crippen molar-refractivity contribution in [1.82, 2.24) is 10.6 Å². The standard InChI is InChI=1S/C25H38Cl5N3OS/c1-2-3-4-5-6-7-8-9-10-11-12-13-14-15-22(34)32-23(25(28,29)30)33-24(35)31-21-18-19(26)16-17-20(21)27/h16-18,23H,2-15H2,1H3,(H,32,34)(H2,31,33,35)/t23-/m1/s1. The molecule has 200 valence electrons. The average Bonchev–Trinajstić information content (AvgIpc) is 2.78. The first-order chi connectivity index (χ1) is 16.6. The molecule has 0 saturated heterocycles. The maximum absolute atomic E-state index is 12.4. The van der Waals surface area contributed by atoms with Crippen molar-refractivity contribution in [1.29, 1.82) is 0 Å². The van der Waals surface area contributed by atoms with Gasteiger partial charge in [0.15, 0.2) is 5.11 Å². The van der Waals surface area contributed by atoms with Crippen LogP contribution in [0.5, 0.6) is 0 Å². The number of anilines is 1. The molecule has 0 unspecified atom stereocenters. The predicted octanol–water partition coefficient (Wildman–Crippen LogP) is 9.57. The molecular weight excluding hydrogens is 568 g/mol. The second kappa shape index (κ2) is 19.0. The van der Waals surface area contributed by atoms with Gasteiger partial charge in [-0.15, -0.1) is 0 Å². The second-order valence-electron chi connectivity index (χ2n) is 8.76. The summed E-state index contributed by atoms with van der Waals surface area (Å²) in [6.07, 6.45) is 15.5. The molecule has 0 bridgehead atoms. The topological polar surface area (TPSA) is 53.2 Å². The van der Waals surface area contributed by atoms with Crippen LogP contribution in [0.25, 0.3) is 0 Å². The third kappa shape index (κ3) is 16.3. The molecule has 0 fully saturated rings. The summed E-state index contributed by atoms with van der Waals surface area (Å²) in [7, 11) is 0. The maximum Gasteiger partial charge on any atom is 0.228 e. The molecule has 0 aliphatic carbocycles. The second-order valence-corrected chi connectivity index (χ2v) is 12.4. The van der Waals surface area contributed by atoms with Gasteiger partial charge in [-0.1, -0.05) is 142 Å². The van der Waals surface area contributed by atoms with Crippen LogP contribution >= 0.6 is 70.2 Å². The Bertz CT molecular complexity index is 761. The number of benzene rings is 1. The van der Waals surface area contributed by atoms with Gasteiger partial charge >= 0.3 is 0 Å². The van der Waals surface area contributed by atoms with Crippen LogP contribution in [0.2, 0.25) is 10.0 Å². The van der Waals surface area contributed by atoms with Crippen LogP contribution in [0.1, 0.15) is 96.8 Å². The summed E-state index contributed by atoms with van der Waals surface area (Å²) < 4.78 is -1.81. The predicted molar refractivity (Wildman–Crippen MR) is 158 cm³/mol. The summed E-state index contributed by atoms with van der Waals surface area (Å²) in [5.74, 6) is -0.208. The van der Waals surface area contributed by atoms with Crippen molar-refractivity contribution in [2.24, 2.45) is 0 Å². The Morgan fingerprint density at radius 2 is 1.37 bits per heavy atom. The molecule has 0 saturated carbocycles. The summed E-state index contributed by atoms with van der Waals surface area (Å²) in [6.45, 7) is 2.25. The molecule has 0 radical (unpaired) electrons. The first kappa shape index (κ1) is 32.9. The third-order valence-electron chi connectivity index (χ3n) is 5.59. The molecule has 1 rings (SSSR count). The molecule has 0 heterocycles. The van der Waals surface area contributed by atoms with Crippen LogP contribution in [0.4, 0.5) is 5.69 Å². The van der Waals surface area contributed by atoms with Crippen molar-refractivity contribution >= 4 is 86.9 Å². The minimum Gasteiger partial charge on any atom is -0.339 e. The Morgan fingerprint density at radius 1 is 0.857 bits per heavy atom. The normalized spacial score (nSPS) is 12.3. The smallest absolute Gasteiger partial charge is 0.228 e. The van der Waals surface area contributed by atoms with E-state index in [0.29, 0.717) is 22.2 Å². The van der Waals surface area contributed by atoms with Crippen molar-refractivity contribution in [2.75, 3.05) is 5.32 Å². The monoisotopic (exact) mass is 603 g/mol. The Balaban J connectivity index is 2.23. The molecule has 0 aliphatic heterocycles. The van der Waals surface area contributed by atoms with Crippen molar-refractivity contribution in [3.8, 4) is 0 Å². The molecule has 1 aromatic carbocycles. The van der Waals surface area contributed by atoms with Crippen LogP contribution in [0.15, 0.2) is 18.2 Å². The molecule has 0 aromatic heterocycles. The van der Waals surface area contributed by atoms with Crippen molar-refractivity contribution in [3.63, 3.8) is 0 Å². The van der Waals surface area contributed by atoms with Crippen LogP contribution in [-0.4, -0.2) is 21.0 Å². The Morgan fingerprint density at radius 3 is 1.89 bits per heavy atom. The zero-order valence-corrected chi connectivity index (χ0v) is 25.0. The summed E-state index contributed by atoms with van der Waals surface area (Å²) in [5.41, 5.74) is 0.498. The van der Waals surface area contributed by atoms with Crippen LogP contribution in [0.3, 0.4) is 0 Å². The van der Waals surface area contributed by atoms with E-state index in [1.165, 1.54) is 64.2 Å². The molecule has 4 nitrogen and oxygen atoms in total. The van der Waals surface area contributed by atoms with E-state index in [4.69, 9.17) is 70.2 Å². The molecule has 35 heavy (non-hydrogen) atoms. The van der Waals surface area contributed by atoms with E-state index in [1.54, 1.807) is 18.2 Å². The number of alkyl halides is 3. The fourth-order valence-electron chi connectivity index (χ4n) is 3.62. The highest BCUT2D eigenvalue weighted by molar-refractivity contribution is 7.80. The van der Waals surface area contributed by atoms with E-state index in [1.807, 2.05) is 0 Å². The first-order valence-electron chi connectivity index (χ1n) is 12.5. The van der Waals surface area contributed by atoms with E-state index >= 15 is 0 Å². The summed E-state index contributed by atoms with van der Waals surface area (Å²) in [6, 6.07) is 4.92. The fraction of sp³-hybridized carbons (Fsp3) is 0.680. The van der Waals surface area contributed by atoms with E-state index in [-0.39, 0.29) is 11.0 Å². The minimum absolute atomic E-state index is 0.131. The molecule has 1 atom stereocenters. The largest absolute Gasteiger partial charge is 0.339 e. The Hall–Kier alpha value is -0.170. The van der Waals surface area contributed by atoms with Gasteiger partial charge in [-0.25, -0.2) is 0 Å². The van der Waals surface area contributed by atoms with E-state index < -0.39 is 9.96 Å². The van der Waals surface area contributed by atoms with Crippen molar-refractivity contribution in [3.05, 3.63) is 28.2 Å². The number of amides is 1. The number of unbranched alkanes of at least 4 members (excludes halogenated alkanes) is 12. The van der Waals surface area contributed by atoms with Gasteiger partial charge in [0.25, 0.3) is 0 Å². The van der Waals surface area contributed by atoms with Crippen LogP contribution in [0, 0.1) is 0 Å². The molecule has 10 heteroatoms. The highest BCUT2D eigenvalue weighted by atomic mass is 35.6. The molecule has 1 amide bonds. The van der Waals surface area contributed by atoms with Crippen LogP contribution < -0.4 is 16.0 Å². The lowest BCUT2D eigenvalue weighted by atomic mass is 10.0. The molecular formula is C25H38Cl5N3OS. The maximum atomic E-state index is 12.4. The first-order valence-corrected chi connectivity index (χ1v) is 14.8. The van der Waals surface area contributed by atoms with Crippen molar-refractivity contribution in [2.45, 2.75) is 107 Å². The van der Waals surface area contributed by atoms with E-state index in [9.17, 15) is 4.79 Å². The highest BCUT2D eigenvalue weighted by Crippen LogP contribution is 2.30. The molecule has 0 spiro atoms. The van der Waals surface area contributed by atoms with E-state index in [0.717, 1.165) is 19.3 Å². The van der Waals surface area contributed by atoms with Gasteiger partial charge in [-0.2, -0.15) is 0 Å².